The lowest BCUT2D eigenvalue weighted by molar-refractivity contribution is -0.186. The van der Waals surface area contributed by atoms with Crippen LogP contribution in [0.1, 0.15) is 24.0 Å². The van der Waals surface area contributed by atoms with Crippen LogP contribution in [0.3, 0.4) is 0 Å². The SMILES string of the molecule is O=C1CCC(C(=O)OCc2ccccc2)(C(=O)OCc2ccccc2)CO1. The van der Waals surface area contributed by atoms with Crippen molar-refractivity contribution in [3.8, 4) is 0 Å². The Bertz CT molecular complexity index is 732. The summed E-state index contributed by atoms with van der Waals surface area (Å²) in [5.41, 5.74) is -0.0322. The summed E-state index contributed by atoms with van der Waals surface area (Å²) in [4.78, 5) is 36.9. The average Bonchev–Trinajstić information content (AvgIpc) is 2.72. The van der Waals surface area contributed by atoms with E-state index in [-0.39, 0.29) is 32.7 Å². The van der Waals surface area contributed by atoms with Crippen molar-refractivity contribution in [2.45, 2.75) is 26.1 Å². The molecule has 6 nitrogen and oxygen atoms in total. The molecular weight excluding hydrogens is 348 g/mol. The van der Waals surface area contributed by atoms with Crippen LogP contribution in [0.4, 0.5) is 0 Å². The van der Waals surface area contributed by atoms with Gasteiger partial charge in [0.15, 0.2) is 5.41 Å². The predicted molar refractivity (Wildman–Crippen MR) is 95.1 cm³/mol. The van der Waals surface area contributed by atoms with Gasteiger partial charge >= 0.3 is 17.9 Å². The first-order chi connectivity index (χ1) is 13.1. The Hall–Kier alpha value is -3.15. The van der Waals surface area contributed by atoms with Gasteiger partial charge in [0.1, 0.15) is 19.8 Å². The van der Waals surface area contributed by atoms with Gasteiger partial charge in [-0.05, 0) is 17.5 Å². The number of carbonyl (C=O) groups is 3. The summed E-state index contributed by atoms with van der Waals surface area (Å²) in [5, 5.41) is 0. The first-order valence-corrected chi connectivity index (χ1v) is 8.68. The maximum Gasteiger partial charge on any atom is 0.327 e. The molecule has 6 heteroatoms. The molecule has 27 heavy (non-hydrogen) atoms. The van der Waals surface area contributed by atoms with Gasteiger partial charge in [0.05, 0.1) is 0 Å². The van der Waals surface area contributed by atoms with E-state index in [1.807, 2.05) is 60.7 Å². The molecule has 0 aromatic heterocycles. The minimum absolute atomic E-state index is 0.00702. The second-order valence-corrected chi connectivity index (χ2v) is 6.37. The van der Waals surface area contributed by atoms with Crippen molar-refractivity contribution in [3.05, 3.63) is 71.8 Å². The van der Waals surface area contributed by atoms with Crippen LogP contribution >= 0.6 is 0 Å². The molecule has 0 radical (unpaired) electrons. The molecule has 1 aliphatic heterocycles. The average molecular weight is 368 g/mol. The number of cyclic esters (lactones) is 1. The molecule has 0 unspecified atom stereocenters. The number of hydrogen-bond acceptors (Lipinski definition) is 6. The van der Waals surface area contributed by atoms with Crippen LogP contribution < -0.4 is 0 Å². The molecule has 1 fully saturated rings. The molecule has 0 amide bonds. The molecule has 0 aliphatic carbocycles. The Morgan fingerprint density at radius 1 is 0.852 bits per heavy atom. The summed E-state index contributed by atoms with van der Waals surface area (Å²) in [6, 6.07) is 18.3. The zero-order chi connectivity index (χ0) is 19.1. The number of rotatable bonds is 6. The van der Waals surface area contributed by atoms with Crippen molar-refractivity contribution in [1.82, 2.24) is 0 Å². The van der Waals surface area contributed by atoms with Gasteiger partial charge in [0.25, 0.3) is 0 Å². The van der Waals surface area contributed by atoms with Crippen LogP contribution in [0.15, 0.2) is 60.7 Å². The molecule has 0 atom stereocenters. The summed E-state index contributed by atoms with van der Waals surface area (Å²) in [6.45, 7) is -0.310. The highest BCUT2D eigenvalue weighted by Crippen LogP contribution is 2.33. The van der Waals surface area contributed by atoms with Crippen LogP contribution in [0.25, 0.3) is 0 Å². The molecule has 2 aromatic rings. The Morgan fingerprint density at radius 2 is 1.33 bits per heavy atom. The summed E-state index contributed by atoms with van der Waals surface area (Å²) in [6.07, 6.45) is -0.0338. The van der Waals surface area contributed by atoms with E-state index in [0.717, 1.165) is 11.1 Å². The van der Waals surface area contributed by atoms with Gasteiger partial charge in [0, 0.05) is 6.42 Å². The van der Waals surface area contributed by atoms with E-state index in [9.17, 15) is 14.4 Å². The zero-order valence-electron chi connectivity index (χ0n) is 14.8. The second kappa shape index (κ2) is 8.49. The summed E-state index contributed by atoms with van der Waals surface area (Å²) in [5.74, 6) is -1.92. The Balaban J connectivity index is 1.69. The standard InChI is InChI=1S/C21H20O6/c22-18-11-12-21(15-27-18,19(23)25-13-16-7-3-1-4-8-16)20(24)26-14-17-9-5-2-6-10-17/h1-10H,11-15H2. The zero-order valence-corrected chi connectivity index (χ0v) is 14.8. The normalized spacial score (nSPS) is 15.5. The van der Waals surface area contributed by atoms with E-state index in [0.29, 0.717) is 0 Å². The minimum atomic E-state index is -1.63. The lowest BCUT2D eigenvalue weighted by atomic mass is 9.82. The third kappa shape index (κ3) is 4.53. The van der Waals surface area contributed by atoms with Crippen LogP contribution in [-0.2, 0) is 41.8 Å². The summed E-state index contributed by atoms with van der Waals surface area (Å²) < 4.78 is 15.7. The van der Waals surface area contributed by atoms with Gasteiger partial charge in [-0.2, -0.15) is 0 Å². The lowest BCUT2D eigenvalue weighted by Gasteiger charge is -2.31. The highest BCUT2D eigenvalue weighted by molar-refractivity contribution is 6.01. The molecule has 0 saturated carbocycles. The van der Waals surface area contributed by atoms with E-state index < -0.39 is 23.3 Å². The van der Waals surface area contributed by atoms with Gasteiger partial charge in [0.2, 0.25) is 0 Å². The molecule has 1 saturated heterocycles. The number of ether oxygens (including phenoxy) is 3. The maximum atomic E-state index is 12.7. The fraction of sp³-hybridized carbons (Fsp3) is 0.286. The number of hydrogen-bond donors (Lipinski definition) is 0. The third-order valence-corrected chi connectivity index (χ3v) is 4.44. The monoisotopic (exact) mass is 368 g/mol. The molecule has 2 aromatic carbocycles. The smallest absolute Gasteiger partial charge is 0.327 e. The molecule has 3 rings (SSSR count). The molecule has 140 valence electrons. The van der Waals surface area contributed by atoms with E-state index in [2.05, 4.69) is 0 Å². The maximum absolute atomic E-state index is 12.7. The minimum Gasteiger partial charge on any atom is -0.464 e. The van der Waals surface area contributed by atoms with Gasteiger partial charge in [-0.1, -0.05) is 60.7 Å². The first-order valence-electron chi connectivity index (χ1n) is 8.68. The molecule has 0 N–H and O–H groups in total. The topological polar surface area (TPSA) is 78.9 Å². The fourth-order valence-electron chi connectivity index (χ4n) is 2.79. The van der Waals surface area contributed by atoms with Crippen molar-refractivity contribution in [2.75, 3.05) is 6.61 Å². The highest BCUT2D eigenvalue weighted by Gasteiger charge is 2.52. The molecule has 1 heterocycles. The number of benzene rings is 2. The Kier molecular flexibility index (Phi) is 5.86. The first kappa shape index (κ1) is 18.6. The molecule has 1 aliphatic rings. The lowest BCUT2D eigenvalue weighted by Crippen LogP contribution is -2.49. The van der Waals surface area contributed by atoms with Crippen molar-refractivity contribution in [3.63, 3.8) is 0 Å². The van der Waals surface area contributed by atoms with Crippen molar-refractivity contribution >= 4 is 17.9 Å². The fourth-order valence-corrected chi connectivity index (χ4v) is 2.79. The Labute approximate surface area is 157 Å². The molecule has 0 spiro atoms. The second-order valence-electron chi connectivity index (χ2n) is 6.37. The van der Waals surface area contributed by atoms with Crippen molar-refractivity contribution in [1.29, 1.82) is 0 Å². The molecule has 0 bridgehead atoms. The Morgan fingerprint density at radius 3 is 1.74 bits per heavy atom. The van der Waals surface area contributed by atoms with E-state index >= 15 is 0 Å². The van der Waals surface area contributed by atoms with Crippen molar-refractivity contribution in [2.24, 2.45) is 5.41 Å². The number of carbonyl (C=O) groups excluding carboxylic acids is 3. The van der Waals surface area contributed by atoms with E-state index in [1.54, 1.807) is 0 Å². The van der Waals surface area contributed by atoms with Crippen molar-refractivity contribution < 1.29 is 28.6 Å². The van der Waals surface area contributed by atoms with Gasteiger partial charge in [-0.15, -0.1) is 0 Å². The highest BCUT2D eigenvalue weighted by atomic mass is 16.6. The van der Waals surface area contributed by atoms with Gasteiger partial charge in [-0.3, -0.25) is 14.4 Å². The van der Waals surface area contributed by atoms with Gasteiger partial charge < -0.3 is 14.2 Å². The quantitative estimate of drug-likeness (QED) is 0.443. The summed E-state index contributed by atoms with van der Waals surface area (Å²) >= 11 is 0. The van der Waals surface area contributed by atoms with Crippen LogP contribution in [-0.4, -0.2) is 24.5 Å². The predicted octanol–water partition coefficient (Wildman–Crippen LogP) is 2.80. The van der Waals surface area contributed by atoms with Gasteiger partial charge in [-0.25, -0.2) is 0 Å². The van der Waals surface area contributed by atoms with E-state index in [4.69, 9.17) is 14.2 Å². The largest absolute Gasteiger partial charge is 0.464 e. The van der Waals surface area contributed by atoms with Crippen LogP contribution in [0.2, 0.25) is 0 Å². The third-order valence-electron chi connectivity index (χ3n) is 4.44. The number of esters is 3. The summed E-state index contributed by atoms with van der Waals surface area (Å²) in [7, 11) is 0. The van der Waals surface area contributed by atoms with Crippen LogP contribution in [0.5, 0.6) is 0 Å². The van der Waals surface area contributed by atoms with E-state index in [1.165, 1.54) is 0 Å². The molecular formula is C21H20O6. The van der Waals surface area contributed by atoms with Crippen LogP contribution in [0, 0.1) is 5.41 Å².